The van der Waals surface area contributed by atoms with Crippen LogP contribution in [-0.4, -0.2) is 133 Å². The Hall–Kier alpha value is -4.76. The molecule has 0 radical (unpaired) electrons. The second-order valence-electron chi connectivity index (χ2n) is 18.1. The lowest BCUT2D eigenvalue weighted by Gasteiger charge is -2.63. The number of carbonyl (C=O) groups is 4. The normalized spacial score (nSPS) is 36.5. The molecule has 1 aliphatic carbocycles. The average molecular weight is 825 g/mol. The molecule has 6 aliphatic rings. The minimum Gasteiger partial charge on any atom is -0.496 e. The molecule has 1 spiro atoms. The van der Waals surface area contributed by atoms with Gasteiger partial charge in [-0.05, 0) is 74.2 Å². The summed E-state index contributed by atoms with van der Waals surface area (Å²) in [5, 5.41) is 26.3. The van der Waals surface area contributed by atoms with Crippen molar-refractivity contribution in [1.82, 2.24) is 14.8 Å². The first kappa shape index (κ1) is 40.6. The molecule has 60 heavy (non-hydrogen) atoms. The van der Waals surface area contributed by atoms with Crippen LogP contribution in [0.1, 0.15) is 75.3 Å². The van der Waals surface area contributed by atoms with Crippen LogP contribution < -0.4 is 9.64 Å². The second kappa shape index (κ2) is 14.1. The fraction of sp³-hybridized carbons (Fsp3) is 0.565. The van der Waals surface area contributed by atoms with E-state index in [0.717, 1.165) is 16.5 Å². The van der Waals surface area contributed by atoms with Gasteiger partial charge < -0.3 is 39.0 Å². The zero-order chi connectivity index (χ0) is 42.6. The topological polar surface area (TPSA) is 171 Å². The van der Waals surface area contributed by atoms with Crippen LogP contribution >= 0.6 is 0 Å². The van der Waals surface area contributed by atoms with E-state index in [4.69, 9.17) is 18.9 Å². The number of rotatable bonds is 8. The van der Waals surface area contributed by atoms with Crippen molar-refractivity contribution in [1.29, 1.82) is 0 Å². The molecule has 1 saturated carbocycles. The van der Waals surface area contributed by atoms with Crippen LogP contribution in [0.25, 0.3) is 10.9 Å². The molecule has 2 aromatic carbocycles. The Bertz CT molecular complexity index is 2310. The van der Waals surface area contributed by atoms with Crippen molar-refractivity contribution in [3.63, 3.8) is 0 Å². The largest absolute Gasteiger partial charge is 0.496 e. The van der Waals surface area contributed by atoms with E-state index in [0.29, 0.717) is 99.5 Å². The number of nitrogens with zero attached hydrogens (tertiary/aromatic N) is 3. The standard InChI is InChI=1S/C46H56N4O10/c1-7-42(55)22-28-23-45(40(53)58-5,36-30(14-18-48(24-28)25-42)29-12-9-10-13-33(29)47-36)32-20-31-34(21-35(32)57-4)50(26-51)38-44(31)16-19-49-17-11-15-43(8-2,37(44)49)39(60-27(3)52)46(38,56)41(54)59-6/h9-13,15,20-21,26,28,37-39,47,55-56H,7-8,14,16-19,22-25H2,1-6H3/t28-,37+,38-,39-,42+,43?,44-,45+,46+/m1/s1. The summed E-state index contributed by atoms with van der Waals surface area (Å²) in [6.07, 6.45) is 5.83. The van der Waals surface area contributed by atoms with Gasteiger partial charge in [0, 0.05) is 78.2 Å². The summed E-state index contributed by atoms with van der Waals surface area (Å²) in [6.45, 7) is 8.16. The molecule has 2 bridgehead atoms. The molecule has 6 heterocycles. The maximum Gasteiger partial charge on any atom is 0.344 e. The highest BCUT2D eigenvalue weighted by molar-refractivity contribution is 5.96. The van der Waals surface area contributed by atoms with Crippen molar-refractivity contribution in [3.8, 4) is 5.75 Å². The van der Waals surface area contributed by atoms with Crippen molar-refractivity contribution in [2.75, 3.05) is 59.0 Å². The van der Waals surface area contributed by atoms with Gasteiger partial charge in [0.2, 0.25) is 12.0 Å². The number of aliphatic hydroxyl groups is 2. The van der Waals surface area contributed by atoms with Gasteiger partial charge in [-0.25, -0.2) is 4.79 Å². The minimum atomic E-state index is -2.53. The van der Waals surface area contributed by atoms with Gasteiger partial charge in [-0.1, -0.05) is 44.2 Å². The number of aromatic nitrogens is 1. The number of hydrogen-bond acceptors (Lipinski definition) is 12. The molecule has 10 atom stereocenters. The van der Waals surface area contributed by atoms with Gasteiger partial charge in [0.15, 0.2) is 6.10 Å². The van der Waals surface area contributed by atoms with E-state index in [-0.39, 0.29) is 12.3 Å². The van der Waals surface area contributed by atoms with Crippen LogP contribution in [0.5, 0.6) is 5.75 Å². The third kappa shape index (κ3) is 5.19. The van der Waals surface area contributed by atoms with E-state index < -0.39 is 63.5 Å². The van der Waals surface area contributed by atoms with Gasteiger partial charge >= 0.3 is 17.9 Å². The van der Waals surface area contributed by atoms with E-state index in [1.165, 1.54) is 33.2 Å². The predicted octanol–water partition coefficient (Wildman–Crippen LogP) is 3.52. The number of methoxy groups -OCH3 is 3. The van der Waals surface area contributed by atoms with Gasteiger partial charge in [0.05, 0.1) is 38.7 Å². The lowest BCUT2D eigenvalue weighted by atomic mass is 9.47. The summed E-state index contributed by atoms with van der Waals surface area (Å²) in [5.41, 5.74) is -3.15. The molecule has 2 unspecified atom stereocenters. The van der Waals surface area contributed by atoms with Crippen LogP contribution in [0.2, 0.25) is 0 Å². The molecular formula is C46H56N4O10. The lowest BCUT2D eigenvalue weighted by molar-refractivity contribution is -0.228. The first-order chi connectivity index (χ1) is 28.8. The number of nitrogens with one attached hydrogen (secondary N) is 1. The molecule has 1 aromatic heterocycles. The van der Waals surface area contributed by atoms with Gasteiger partial charge in [-0.15, -0.1) is 0 Å². The lowest BCUT2D eigenvalue weighted by Crippen LogP contribution is -2.81. The minimum absolute atomic E-state index is 0.155. The summed E-state index contributed by atoms with van der Waals surface area (Å²) in [7, 11) is 4.09. The Kier molecular flexibility index (Phi) is 9.58. The number of fused-ring (bicyclic) bond motifs is 6. The molecule has 1 amide bonds. The first-order valence-electron chi connectivity index (χ1n) is 21.3. The molecule has 14 heteroatoms. The smallest absolute Gasteiger partial charge is 0.344 e. The van der Waals surface area contributed by atoms with Crippen molar-refractivity contribution in [2.24, 2.45) is 11.3 Å². The van der Waals surface area contributed by atoms with Crippen LogP contribution in [0, 0.1) is 11.3 Å². The summed E-state index contributed by atoms with van der Waals surface area (Å²) in [6, 6.07) is 9.97. The van der Waals surface area contributed by atoms with E-state index in [1.807, 2.05) is 50.3 Å². The van der Waals surface area contributed by atoms with E-state index in [2.05, 4.69) is 20.9 Å². The molecule has 9 rings (SSSR count). The Morgan fingerprint density at radius 1 is 0.967 bits per heavy atom. The number of anilines is 1. The number of benzene rings is 2. The zero-order valence-electron chi connectivity index (χ0n) is 35.3. The molecule has 3 fully saturated rings. The summed E-state index contributed by atoms with van der Waals surface area (Å²) in [5.74, 6) is -2.06. The maximum atomic E-state index is 15.3. The molecule has 3 N–H and O–H groups in total. The molecule has 3 aromatic rings. The average Bonchev–Trinajstić information content (AvgIpc) is 3.92. The van der Waals surface area contributed by atoms with Gasteiger partial charge in [-0.2, -0.15) is 0 Å². The third-order valence-electron chi connectivity index (χ3n) is 15.5. The van der Waals surface area contributed by atoms with Crippen molar-refractivity contribution < 1.29 is 48.3 Å². The number of hydrogen-bond donors (Lipinski definition) is 3. The number of H-pyrrole nitrogens is 1. The van der Waals surface area contributed by atoms with Gasteiger partial charge in [0.1, 0.15) is 11.2 Å². The van der Waals surface area contributed by atoms with Gasteiger partial charge in [0.25, 0.3) is 0 Å². The number of piperidine rings is 1. The Morgan fingerprint density at radius 3 is 2.42 bits per heavy atom. The number of ether oxygens (including phenoxy) is 4. The van der Waals surface area contributed by atoms with Crippen LogP contribution in [0.15, 0.2) is 48.6 Å². The van der Waals surface area contributed by atoms with Crippen LogP contribution in [0.4, 0.5) is 5.69 Å². The number of esters is 3. The van der Waals surface area contributed by atoms with Crippen molar-refractivity contribution in [3.05, 3.63) is 70.9 Å². The fourth-order valence-corrected chi connectivity index (χ4v) is 13.4. The zero-order valence-corrected chi connectivity index (χ0v) is 35.3. The quantitative estimate of drug-likeness (QED) is 0.131. The van der Waals surface area contributed by atoms with E-state index in [9.17, 15) is 24.6 Å². The molecule has 320 valence electrons. The summed E-state index contributed by atoms with van der Waals surface area (Å²) < 4.78 is 23.7. The summed E-state index contributed by atoms with van der Waals surface area (Å²) >= 11 is 0. The van der Waals surface area contributed by atoms with Crippen molar-refractivity contribution >= 4 is 40.9 Å². The summed E-state index contributed by atoms with van der Waals surface area (Å²) in [4.78, 5) is 66.1. The Balaban J connectivity index is 1.38. The fourth-order valence-electron chi connectivity index (χ4n) is 13.4. The SMILES string of the molecule is CCC12C=CCN3CC[C@@]4(c5cc([C@@]6(C(=O)OC)C[C@@H]7CN(CCc8c6[nH]c6ccccc86)C[C@](O)(CC)C7)c(OC)cc5N(C=O)[C@H]4[C@@](O)(C(=O)OC)[C@@H]1OC(C)=O)[C@@H]32. The molecular weight excluding hydrogens is 769 g/mol. The van der Waals surface area contributed by atoms with Crippen molar-refractivity contribution in [2.45, 2.75) is 99.5 Å². The monoisotopic (exact) mass is 824 g/mol. The van der Waals surface area contributed by atoms with Gasteiger partial charge in [-0.3, -0.25) is 24.2 Å². The number of aromatic amines is 1. The Labute approximate surface area is 349 Å². The molecule has 5 aliphatic heterocycles. The Morgan fingerprint density at radius 2 is 1.73 bits per heavy atom. The van der Waals surface area contributed by atoms with Crippen LogP contribution in [0.3, 0.4) is 0 Å². The first-order valence-corrected chi connectivity index (χ1v) is 21.3. The second-order valence-corrected chi connectivity index (χ2v) is 18.1. The number of para-hydroxylation sites is 1. The predicted molar refractivity (Wildman–Crippen MR) is 221 cm³/mol. The molecule has 2 saturated heterocycles. The number of carbonyl (C=O) groups excluding carboxylic acids is 4. The highest BCUT2D eigenvalue weighted by Crippen LogP contribution is 2.68. The molecule has 14 nitrogen and oxygen atoms in total. The maximum absolute atomic E-state index is 15.3. The van der Waals surface area contributed by atoms with E-state index >= 15 is 4.79 Å². The number of amides is 1. The highest BCUT2D eigenvalue weighted by atomic mass is 16.6. The van der Waals surface area contributed by atoms with E-state index in [1.54, 1.807) is 6.07 Å². The highest BCUT2D eigenvalue weighted by Gasteiger charge is 2.81. The third-order valence-corrected chi connectivity index (χ3v) is 15.5. The van der Waals surface area contributed by atoms with Crippen LogP contribution in [-0.2, 0) is 50.6 Å².